The molecular formula is C17H22N4O4S. The summed E-state index contributed by atoms with van der Waals surface area (Å²) < 4.78 is 34.3. The molecule has 9 heteroatoms. The summed E-state index contributed by atoms with van der Waals surface area (Å²) in [4.78, 5) is 14.2. The molecule has 0 spiro atoms. The number of benzene rings is 1. The van der Waals surface area contributed by atoms with E-state index in [2.05, 4.69) is 9.82 Å². The number of carbonyl (C=O) groups excluding carboxylic acids is 1. The molecule has 3 rings (SSSR count). The molecule has 26 heavy (non-hydrogen) atoms. The van der Waals surface area contributed by atoms with E-state index in [4.69, 9.17) is 4.74 Å². The van der Waals surface area contributed by atoms with E-state index < -0.39 is 16.1 Å². The molecule has 0 bridgehead atoms. The lowest BCUT2D eigenvalue weighted by atomic mass is 10.2. The summed E-state index contributed by atoms with van der Waals surface area (Å²) in [5, 5.41) is 4.00. The minimum Gasteiger partial charge on any atom is -0.373 e. The summed E-state index contributed by atoms with van der Waals surface area (Å²) >= 11 is 0. The predicted molar refractivity (Wildman–Crippen MR) is 95.9 cm³/mol. The third-order valence-corrected chi connectivity index (χ3v) is 5.50. The van der Waals surface area contributed by atoms with E-state index in [1.807, 2.05) is 6.07 Å². The average molecular weight is 378 g/mol. The molecule has 2 heterocycles. The van der Waals surface area contributed by atoms with Crippen LogP contribution in [-0.2, 0) is 28.4 Å². The highest BCUT2D eigenvalue weighted by atomic mass is 32.2. The number of hydrogen-bond acceptors (Lipinski definition) is 5. The maximum Gasteiger partial charge on any atom is 0.254 e. The van der Waals surface area contributed by atoms with Gasteiger partial charge >= 0.3 is 0 Å². The van der Waals surface area contributed by atoms with Crippen LogP contribution in [0.15, 0.2) is 42.7 Å². The maximum atomic E-state index is 12.5. The molecule has 140 valence electrons. The molecule has 1 aromatic heterocycles. The fraction of sp³-hybridized carbons (Fsp3) is 0.412. The lowest BCUT2D eigenvalue weighted by molar-refractivity contribution is -0.0110. The van der Waals surface area contributed by atoms with E-state index in [9.17, 15) is 13.2 Å². The number of sulfonamides is 1. The van der Waals surface area contributed by atoms with Crippen LogP contribution < -0.4 is 4.72 Å². The quantitative estimate of drug-likeness (QED) is 0.784. The molecule has 1 fully saturated rings. The number of nitrogens with zero attached hydrogens (tertiary/aromatic N) is 3. The van der Waals surface area contributed by atoms with E-state index in [0.29, 0.717) is 18.7 Å². The van der Waals surface area contributed by atoms with Gasteiger partial charge in [0.1, 0.15) is 0 Å². The fourth-order valence-corrected chi connectivity index (χ4v) is 4.02. The van der Waals surface area contributed by atoms with Crippen molar-refractivity contribution in [3.05, 3.63) is 53.9 Å². The SMILES string of the molecule is Cn1cc(CNS(=O)(=O)C[C@@H]2CN(C(=O)c3ccccc3)CCO2)cn1. The van der Waals surface area contributed by atoms with Crippen molar-refractivity contribution in [2.24, 2.45) is 7.05 Å². The lowest BCUT2D eigenvalue weighted by Crippen LogP contribution is -2.49. The molecule has 1 saturated heterocycles. The van der Waals surface area contributed by atoms with Gasteiger partial charge < -0.3 is 9.64 Å². The second kappa shape index (κ2) is 7.98. The van der Waals surface area contributed by atoms with E-state index in [-0.39, 0.29) is 24.7 Å². The molecule has 1 aromatic carbocycles. The molecule has 1 aliphatic heterocycles. The Kier molecular flexibility index (Phi) is 5.70. The van der Waals surface area contributed by atoms with E-state index in [0.717, 1.165) is 5.56 Å². The zero-order valence-electron chi connectivity index (χ0n) is 14.5. The molecule has 0 saturated carbocycles. The summed E-state index contributed by atoms with van der Waals surface area (Å²) in [7, 11) is -1.76. The second-order valence-corrected chi connectivity index (χ2v) is 8.09. The van der Waals surface area contributed by atoms with Crippen molar-refractivity contribution in [2.75, 3.05) is 25.4 Å². The van der Waals surface area contributed by atoms with Crippen molar-refractivity contribution in [1.29, 1.82) is 0 Å². The Balaban J connectivity index is 1.56. The van der Waals surface area contributed by atoms with E-state index in [1.165, 1.54) is 0 Å². The van der Waals surface area contributed by atoms with Crippen molar-refractivity contribution in [3.63, 3.8) is 0 Å². The van der Waals surface area contributed by atoms with Gasteiger partial charge in [-0.15, -0.1) is 0 Å². The van der Waals surface area contributed by atoms with Gasteiger partial charge in [0.15, 0.2) is 0 Å². The Morgan fingerprint density at radius 1 is 1.35 bits per heavy atom. The molecule has 8 nitrogen and oxygen atoms in total. The van der Waals surface area contributed by atoms with Crippen LogP contribution in [0.5, 0.6) is 0 Å². The maximum absolute atomic E-state index is 12.5. The Morgan fingerprint density at radius 3 is 2.81 bits per heavy atom. The number of morpholine rings is 1. The number of nitrogens with one attached hydrogen (secondary N) is 1. The summed E-state index contributed by atoms with van der Waals surface area (Å²) in [6.45, 7) is 1.20. The van der Waals surface area contributed by atoms with Crippen molar-refractivity contribution in [1.82, 2.24) is 19.4 Å². The highest BCUT2D eigenvalue weighted by Crippen LogP contribution is 2.12. The number of carbonyl (C=O) groups is 1. The molecule has 0 unspecified atom stereocenters. The molecule has 1 N–H and O–H groups in total. The Bertz CT molecular complexity index is 851. The first-order chi connectivity index (χ1) is 12.4. The molecular weight excluding hydrogens is 356 g/mol. The molecule has 0 aliphatic carbocycles. The zero-order valence-corrected chi connectivity index (χ0v) is 15.4. The largest absolute Gasteiger partial charge is 0.373 e. The normalized spacial score (nSPS) is 18.0. The summed E-state index contributed by atoms with van der Waals surface area (Å²) in [6.07, 6.45) is 2.81. The Labute approximate surface area is 152 Å². The molecule has 0 radical (unpaired) electrons. The smallest absolute Gasteiger partial charge is 0.254 e. The highest BCUT2D eigenvalue weighted by molar-refractivity contribution is 7.89. The van der Waals surface area contributed by atoms with Gasteiger partial charge in [-0.3, -0.25) is 9.48 Å². The topological polar surface area (TPSA) is 93.5 Å². The summed E-state index contributed by atoms with van der Waals surface area (Å²) in [6, 6.07) is 8.95. The third kappa shape index (κ3) is 4.90. The van der Waals surface area contributed by atoms with Crippen LogP contribution in [0.1, 0.15) is 15.9 Å². The fourth-order valence-electron chi connectivity index (χ4n) is 2.83. The van der Waals surface area contributed by atoms with Gasteiger partial charge in [0.05, 0.1) is 24.7 Å². The lowest BCUT2D eigenvalue weighted by Gasteiger charge is -2.32. The Hall–Kier alpha value is -2.23. The number of amides is 1. The highest BCUT2D eigenvalue weighted by Gasteiger charge is 2.28. The minimum absolute atomic E-state index is 0.111. The van der Waals surface area contributed by atoms with E-state index in [1.54, 1.807) is 53.3 Å². The predicted octanol–water partition coefficient (Wildman–Crippen LogP) is 0.381. The van der Waals surface area contributed by atoms with Gasteiger partial charge in [0, 0.05) is 44.0 Å². The molecule has 1 aliphatic rings. The van der Waals surface area contributed by atoms with Crippen LogP contribution in [0.4, 0.5) is 0 Å². The zero-order chi connectivity index (χ0) is 18.6. The van der Waals surface area contributed by atoms with Crippen LogP contribution in [-0.4, -0.2) is 60.6 Å². The van der Waals surface area contributed by atoms with Crippen LogP contribution >= 0.6 is 0 Å². The first-order valence-corrected chi connectivity index (χ1v) is 9.99. The van der Waals surface area contributed by atoms with E-state index >= 15 is 0 Å². The minimum atomic E-state index is -3.53. The monoisotopic (exact) mass is 378 g/mol. The number of aryl methyl sites for hydroxylation is 1. The van der Waals surface area contributed by atoms with Gasteiger partial charge in [0.25, 0.3) is 5.91 Å². The number of aromatic nitrogens is 2. The van der Waals surface area contributed by atoms with Gasteiger partial charge in [0.2, 0.25) is 10.0 Å². The molecule has 1 atom stereocenters. The average Bonchev–Trinajstić information content (AvgIpc) is 3.05. The second-order valence-electron chi connectivity index (χ2n) is 6.23. The number of hydrogen-bond donors (Lipinski definition) is 1. The number of rotatable bonds is 6. The Morgan fingerprint density at radius 2 is 2.12 bits per heavy atom. The van der Waals surface area contributed by atoms with Crippen molar-refractivity contribution < 1.29 is 17.9 Å². The first kappa shape index (κ1) is 18.6. The number of ether oxygens (including phenoxy) is 1. The summed E-state index contributed by atoms with van der Waals surface area (Å²) in [5.74, 6) is -0.300. The van der Waals surface area contributed by atoms with Crippen molar-refractivity contribution in [3.8, 4) is 0 Å². The van der Waals surface area contributed by atoms with Crippen LogP contribution in [0.3, 0.4) is 0 Å². The van der Waals surface area contributed by atoms with Gasteiger partial charge in [-0.2, -0.15) is 5.10 Å². The van der Waals surface area contributed by atoms with Gasteiger partial charge in [-0.1, -0.05) is 18.2 Å². The van der Waals surface area contributed by atoms with Crippen LogP contribution in [0.2, 0.25) is 0 Å². The van der Waals surface area contributed by atoms with Crippen LogP contribution in [0, 0.1) is 0 Å². The standard InChI is InChI=1S/C17H22N4O4S/c1-20-11-14(9-18-20)10-19-26(23,24)13-16-12-21(7-8-25-16)17(22)15-5-3-2-4-6-15/h2-6,9,11,16,19H,7-8,10,12-13H2,1H3/t16-/m0/s1. The van der Waals surface area contributed by atoms with Crippen LogP contribution in [0.25, 0.3) is 0 Å². The van der Waals surface area contributed by atoms with Gasteiger partial charge in [-0.25, -0.2) is 13.1 Å². The molecule has 1 amide bonds. The first-order valence-electron chi connectivity index (χ1n) is 8.34. The van der Waals surface area contributed by atoms with Crippen molar-refractivity contribution >= 4 is 15.9 Å². The molecule has 2 aromatic rings. The third-order valence-electron chi connectivity index (χ3n) is 4.11. The van der Waals surface area contributed by atoms with Crippen molar-refractivity contribution in [2.45, 2.75) is 12.6 Å². The van der Waals surface area contributed by atoms with Gasteiger partial charge in [-0.05, 0) is 12.1 Å². The summed E-state index contributed by atoms with van der Waals surface area (Å²) in [5.41, 5.74) is 1.37.